The summed E-state index contributed by atoms with van der Waals surface area (Å²) in [5, 5.41) is 12.6. The van der Waals surface area contributed by atoms with Gasteiger partial charge in [0.15, 0.2) is 0 Å². The summed E-state index contributed by atoms with van der Waals surface area (Å²) in [4.78, 5) is 27.7. The fourth-order valence-electron chi connectivity index (χ4n) is 3.03. The number of urea groups is 1. The van der Waals surface area contributed by atoms with E-state index in [1.165, 1.54) is 0 Å². The van der Waals surface area contributed by atoms with E-state index >= 15 is 0 Å². The maximum Gasteiger partial charge on any atom is 0.320 e. The van der Waals surface area contributed by atoms with Crippen LogP contribution in [0.15, 0.2) is 18.2 Å². The van der Waals surface area contributed by atoms with Crippen LogP contribution in [0.1, 0.15) is 17.9 Å². The number of amides is 3. The average molecular weight is 368 g/mol. The van der Waals surface area contributed by atoms with Crippen molar-refractivity contribution >= 4 is 23.5 Å². The number of nitrogens with zero attached hydrogens (tertiary/aromatic N) is 2. The van der Waals surface area contributed by atoms with Crippen LogP contribution in [0.25, 0.3) is 0 Å². The van der Waals surface area contributed by atoms with Crippen molar-refractivity contribution in [3.05, 3.63) is 28.8 Å². The van der Waals surface area contributed by atoms with Crippen LogP contribution in [-0.4, -0.2) is 72.8 Å². The number of hydrogen-bond donors (Lipinski definition) is 2. The Kier molecular flexibility index (Phi) is 5.65. The largest absolute Gasteiger partial charge is 0.506 e. The van der Waals surface area contributed by atoms with Gasteiger partial charge in [0, 0.05) is 45.2 Å². The van der Waals surface area contributed by atoms with Crippen molar-refractivity contribution in [1.82, 2.24) is 15.1 Å². The Morgan fingerprint density at radius 2 is 2.08 bits per heavy atom. The number of rotatable bonds is 1. The molecule has 2 fully saturated rings. The summed E-state index contributed by atoms with van der Waals surface area (Å²) in [5.74, 6) is 0.142. The average Bonchev–Trinajstić information content (AvgIpc) is 2.55. The molecule has 2 heterocycles. The molecule has 0 aliphatic carbocycles. The SMILES string of the molecule is O=C1COCCCN(C(=O)N2CC(c3ccc(O)c(Cl)c3)C2)CCN1. The van der Waals surface area contributed by atoms with Gasteiger partial charge >= 0.3 is 6.03 Å². The molecule has 1 aromatic carbocycles. The summed E-state index contributed by atoms with van der Waals surface area (Å²) >= 11 is 5.95. The van der Waals surface area contributed by atoms with Crippen molar-refractivity contribution in [2.75, 3.05) is 45.9 Å². The van der Waals surface area contributed by atoms with Gasteiger partial charge in [-0.2, -0.15) is 0 Å². The second-order valence-corrected chi connectivity index (χ2v) is 6.75. The molecule has 3 rings (SSSR count). The molecule has 3 amide bonds. The Morgan fingerprint density at radius 1 is 1.28 bits per heavy atom. The first kappa shape index (κ1) is 17.8. The molecule has 0 atom stereocenters. The van der Waals surface area contributed by atoms with Crippen LogP contribution >= 0.6 is 11.6 Å². The van der Waals surface area contributed by atoms with E-state index in [1.807, 2.05) is 6.07 Å². The van der Waals surface area contributed by atoms with E-state index in [-0.39, 0.29) is 30.2 Å². The van der Waals surface area contributed by atoms with Crippen LogP contribution in [0.5, 0.6) is 5.75 Å². The summed E-state index contributed by atoms with van der Waals surface area (Å²) in [5.41, 5.74) is 1.02. The predicted octanol–water partition coefficient (Wildman–Crippen LogP) is 1.40. The van der Waals surface area contributed by atoms with Gasteiger partial charge < -0.3 is 25.0 Å². The first-order valence-electron chi connectivity index (χ1n) is 8.41. The number of likely N-dealkylation sites (tertiary alicyclic amines) is 1. The van der Waals surface area contributed by atoms with Gasteiger partial charge in [0.1, 0.15) is 12.4 Å². The van der Waals surface area contributed by atoms with Gasteiger partial charge in [0.2, 0.25) is 5.91 Å². The number of hydrogen-bond acceptors (Lipinski definition) is 4. The minimum Gasteiger partial charge on any atom is -0.506 e. The molecule has 1 aromatic rings. The highest BCUT2D eigenvalue weighted by molar-refractivity contribution is 6.32. The van der Waals surface area contributed by atoms with E-state index in [4.69, 9.17) is 16.3 Å². The van der Waals surface area contributed by atoms with E-state index in [9.17, 15) is 14.7 Å². The summed E-state index contributed by atoms with van der Waals surface area (Å²) in [6, 6.07) is 5.15. The lowest BCUT2D eigenvalue weighted by Crippen LogP contribution is -2.55. The monoisotopic (exact) mass is 367 g/mol. The molecule has 0 aromatic heterocycles. The molecule has 2 N–H and O–H groups in total. The highest BCUT2D eigenvalue weighted by Gasteiger charge is 2.34. The van der Waals surface area contributed by atoms with E-state index < -0.39 is 0 Å². The second kappa shape index (κ2) is 7.93. The molecule has 0 bridgehead atoms. The zero-order valence-electron chi connectivity index (χ0n) is 13.9. The van der Waals surface area contributed by atoms with E-state index in [2.05, 4.69) is 5.32 Å². The zero-order chi connectivity index (χ0) is 17.8. The number of phenols is 1. The lowest BCUT2D eigenvalue weighted by Gasteiger charge is -2.42. The maximum absolute atomic E-state index is 12.7. The molecule has 0 radical (unpaired) electrons. The Labute approximate surface area is 151 Å². The molecule has 25 heavy (non-hydrogen) atoms. The Morgan fingerprint density at radius 3 is 2.84 bits per heavy atom. The van der Waals surface area contributed by atoms with Crippen molar-refractivity contribution in [2.24, 2.45) is 0 Å². The van der Waals surface area contributed by atoms with Gasteiger partial charge in [0.25, 0.3) is 0 Å². The number of phenolic OH excluding ortho intramolecular Hbond substituents is 1. The first-order chi connectivity index (χ1) is 12.0. The molecular weight excluding hydrogens is 346 g/mol. The number of carbonyl (C=O) groups excluding carboxylic acids is 2. The number of nitrogens with one attached hydrogen (secondary N) is 1. The molecule has 7 nitrogen and oxygen atoms in total. The minimum atomic E-state index is -0.150. The van der Waals surface area contributed by atoms with Crippen molar-refractivity contribution in [2.45, 2.75) is 12.3 Å². The lowest BCUT2D eigenvalue weighted by atomic mass is 9.91. The number of ether oxygens (including phenoxy) is 1. The fourth-order valence-corrected chi connectivity index (χ4v) is 3.22. The number of aromatic hydroxyl groups is 1. The van der Waals surface area contributed by atoms with E-state index in [0.29, 0.717) is 50.8 Å². The van der Waals surface area contributed by atoms with Crippen molar-refractivity contribution in [1.29, 1.82) is 0 Å². The van der Waals surface area contributed by atoms with Gasteiger partial charge in [-0.25, -0.2) is 4.79 Å². The highest BCUT2D eigenvalue weighted by Crippen LogP contribution is 2.32. The molecule has 0 unspecified atom stereocenters. The molecule has 136 valence electrons. The van der Waals surface area contributed by atoms with Crippen LogP contribution in [-0.2, 0) is 9.53 Å². The Bertz CT molecular complexity index is 649. The third-order valence-electron chi connectivity index (χ3n) is 4.52. The zero-order valence-corrected chi connectivity index (χ0v) is 14.7. The Hall–Kier alpha value is -1.99. The minimum absolute atomic E-state index is 0.0176. The molecule has 2 saturated heterocycles. The number of halogens is 1. The maximum atomic E-state index is 12.7. The van der Waals surface area contributed by atoms with Crippen molar-refractivity contribution in [3.8, 4) is 5.75 Å². The number of carbonyl (C=O) groups is 2. The second-order valence-electron chi connectivity index (χ2n) is 6.34. The third-order valence-corrected chi connectivity index (χ3v) is 4.82. The topological polar surface area (TPSA) is 82.1 Å². The van der Waals surface area contributed by atoms with Crippen LogP contribution in [0, 0.1) is 0 Å². The smallest absolute Gasteiger partial charge is 0.320 e. The molecule has 0 spiro atoms. The van der Waals surface area contributed by atoms with Crippen LogP contribution in [0.3, 0.4) is 0 Å². The molecule has 8 heteroatoms. The van der Waals surface area contributed by atoms with Gasteiger partial charge in [-0.3, -0.25) is 4.79 Å². The summed E-state index contributed by atoms with van der Waals surface area (Å²) in [6.45, 7) is 3.33. The van der Waals surface area contributed by atoms with Crippen molar-refractivity contribution in [3.63, 3.8) is 0 Å². The highest BCUT2D eigenvalue weighted by atomic mass is 35.5. The van der Waals surface area contributed by atoms with E-state index in [0.717, 1.165) is 5.56 Å². The molecular formula is C17H22ClN3O4. The van der Waals surface area contributed by atoms with Crippen molar-refractivity contribution < 1.29 is 19.4 Å². The van der Waals surface area contributed by atoms with Crippen LogP contribution < -0.4 is 5.32 Å². The van der Waals surface area contributed by atoms with Crippen LogP contribution in [0.2, 0.25) is 5.02 Å². The Balaban J connectivity index is 1.54. The van der Waals surface area contributed by atoms with E-state index in [1.54, 1.807) is 21.9 Å². The number of benzene rings is 1. The van der Waals surface area contributed by atoms with Gasteiger partial charge in [-0.1, -0.05) is 17.7 Å². The summed E-state index contributed by atoms with van der Waals surface area (Å²) in [7, 11) is 0. The van der Waals surface area contributed by atoms with Crippen LogP contribution in [0.4, 0.5) is 4.79 Å². The molecule has 2 aliphatic heterocycles. The normalized spacial score (nSPS) is 20.0. The predicted molar refractivity (Wildman–Crippen MR) is 92.8 cm³/mol. The third kappa shape index (κ3) is 4.35. The fraction of sp³-hybridized carbons (Fsp3) is 0.529. The van der Waals surface area contributed by atoms with Gasteiger partial charge in [-0.05, 0) is 24.1 Å². The molecule has 0 saturated carbocycles. The van der Waals surface area contributed by atoms with Gasteiger partial charge in [-0.15, -0.1) is 0 Å². The standard InChI is InChI=1S/C17H22ClN3O4/c18-14-8-12(2-3-15(14)22)13-9-21(10-13)17(24)20-5-1-7-25-11-16(23)19-4-6-20/h2-3,8,13,22H,1,4-7,9-11H2,(H,19,23). The van der Waals surface area contributed by atoms with Gasteiger partial charge in [0.05, 0.1) is 5.02 Å². The first-order valence-corrected chi connectivity index (χ1v) is 8.79. The lowest BCUT2D eigenvalue weighted by molar-refractivity contribution is -0.126. The summed E-state index contributed by atoms with van der Waals surface area (Å²) in [6.07, 6.45) is 0.712. The quantitative estimate of drug-likeness (QED) is 0.786. The molecule has 2 aliphatic rings. The summed E-state index contributed by atoms with van der Waals surface area (Å²) < 4.78 is 5.25.